The fourth-order valence-electron chi connectivity index (χ4n) is 2.15. The van der Waals surface area contributed by atoms with E-state index in [4.69, 9.17) is 0 Å². The number of hydrogen-bond donors (Lipinski definition) is 0. The number of thioether (sulfide) groups is 1. The zero-order valence-electron chi connectivity index (χ0n) is 13.3. The predicted molar refractivity (Wildman–Crippen MR) is 84.3 cm³/mol. The second kappa shape index (κ2) is 7.59. The average Bonchev–Trinajstić information content (AvgIpc) is 3.01. The van der Waals surface area contributed by atoms with Gasteiger partial charge in [0.15, 0.2) is 11.0 Å². The van der Waals surface area contributed by atoms with Crippen LogP contribution in [0.2, 0.25) is 0 Å². The third-order valence-corrected chi connectivity index (χ3v) is 4.50. The predicted octanol–water partition coefficient (Wildman–Crippen LogP) is 2.99. The number of aromatic nitrogens is 6. The molecule has 116 valence electrons. The molecule has 7 heteroatoms. The van der Waals surface area contributed by atoms with Crippen molar-refractivity contribution in [1.29, 1.82) is 0 Å². The highest BCUT2D eigenvalue weighted by Gasteiger charge is 2.13. The second-order valence-electron chi connectivity index (χ2n) is 5.18. The average molecular weight is 308 g/mol. The van der Waals surface area contributed by atoms with E-state index in [1.165, 1.54) is 18.5 Å². The zero-order valence-corrected chi connectivity index (χ0v) is 14.2. The first-order valence-corrected chi connectivity index (χ1v) is 8.57. The Kier molecular flexibility index (Phi) is 5.78. The van der Waals surface area contributed by atoms with Crippen LogP contribution in [-0.4, -0.2) is 29.8 Å². The maximum Gasteiger partial charge on any atom is 0.168 e. The summed E-state index contributed by atoms with van der Waals surface area (Å²) in [6.45, 7) is 10.5. The summed E-state index contributed by atoms with van der Waals surface area (Å²) < 4.78 is 4.20. The number of rotatable bonds is 8. The molecule has 0 amide bonds. The molecule has 0 aliphatic rings. The van der Waals surface area contributed by atoms with Crippen molar-refractivity contribution in [3.63, 3.8) is 0 Å². The Hall–Kier alpha value is -1.37. The van der Waals surface area contributed by atoms with Gasteiger partial charge in [0.2, 0.25) is 0 Å². The molecule has 0 radical (unpaired) electrons. The van der Waals surface area contributed by atoms with Gasteiger partial charge in [0.25, 0.3) is 0 Å². The molecule has 21 heavy (non-hydrogen) atoms. The first-order chi connectivity index (χ1) is 10.2. The van der Waals surface area contributed by atoms with Gasteiger partial charge in [-0.3, -0.25) is 0 Å². The standard InChI is InChI=1S/C14H24N6S/c1-5-7-9-19-12(4)11(3)15-14(19)21-10-13-16-17-18-20(13)8-6-2/h5-10H2,1-4H3. The number of hydrogen-bond acceptors (Lipinski definition) is 5. The van der Waals surface area contributed by atoms with E-state index in [1.807, 2.05) is 4.68 Å². The van der Waals surface area contributed by atoms with Crippen LogP contribution in [0.3, 0.4) is 0 Å². The lowest BCUT2D eigenvalue weighted by molar-refractivity contribution is 0.562. The molecule has 0 saturated heterocycles. The maximum atomic E-state index is 4.69. The van der Waals surface area contributed by atoms with Crippen LogP contribution in [0.1, 0.15) is 50.3 Å². The molecule has 0 aliphatic carbocycles. The van der Waals surface area contributed by atoms with E-state index in [2.05, 4.69) is 52.8 Å². The molecule has 2 rings (SSSR count). The maximum absolute atomic E-state index is 4.69. The van der Waals surface area contributed by atoms with E-state index in [-0.39, 0.29) is 0 Å². The first-order valence-electron chi connectivity index (χ1n) is 7.58. The van der Waals surface area contributed by atoms with Gasteiger partial charge in [0.1, 0.15) is 0 Å². The largest absolute Gasteiger partial charge is 0.323 e. The molecule has 0 spiro atoms. The van der Waals surface area contributed by atoms with E-state index < -0.39 is 0 Å². The van der Waals surface area contributed by atoms with Gasteiger partial charge in [0.05, 0.1) is 11.4 Å². The summed E-state index contributed by atoms with van der Waals surface area (Å²) in [7, 11) is 0. The lowest BCUT2D eigenvalue weighted by Gasteiger charge is -2.09. The summed E-state index contributed by atoms with van der Waals surface area (Å²) in [5.41, 5.74) is 2.38. The van der Waals surface area contributed by atoms with E-state index >= 15 is 0 Å². The van der Waals surface area contributed by atoms with Gasteiger partial charge in [-0.1, -0.05) is 32.0 Å². The zero-order chi connectivity index (χ0) is 15.2. The van der Waals surface area contributed by atoms with E-state index in [9.17, 15) is 0 Å². The molecule has 0 aromatic carbocycles. The van der Waals surface area contributed by atoms with Crippen molar-refractivity contribution in [2.24, 2.45) is 0 Å². The van der Waals surface area contributed by atoms with Crippen molar-refractivity contribution in [3.05, 3.63) is 17.2 Å². The minimum absolute atomic E-state index is 0.759. The van der Waals surface area contributed by atoms with Crippen LogP contribution >= 0.6 is 11.8 Å². The fraction of sp³-hybridized carbons (Fsp3) is 0.714. The summed E-state index contributed by atoms with van der Waals surface area (Å²) in [6.07, 6.45) is 3.40. The molecule has 0 saturated carbocycles. The van der Waals surface area contributed by atoms with Crippen molar-refractivity contribution in [2.75, 3.05) is 0 Å². The molecule has 0 aliphatic heterocycles. The monoisotopic (exact) mass is 308 g/mol. The molecule has 0 N–H and O–H groups in total. The molecule has 0 bridgehead atoms. The molecule has 2 aromatic heterocycles. The van der Waals surface area contributed by atoms with Gasteiger partial charge in [-0.15, -0.1) is 5.10 Å². The van der Waals surface area contributed by atoms with E-state index in [0.29, 0.717) is 0 Å². The Morgan fingerprint density at radius 1 is 1.10 bits per heavy atom. The van der Waals surface area contributed by atoms with Crippen molar-refractivity contribution in [1.82, 2.24) is 29.8 Å². The molecular formula is C14H24N6S. The van der Waals surface area contributed by atoms with Gasteiger partial charge in [-0.25, -0.2) is 9.67 Å². The minimum Gasteiger partial charge on any atom is -0.323 e. The van der Waals surface area contributed by atoms with Crippen LogP contribution in [0, 0.1) is 13.8 Å². The van der Waals surface area contributed by atoms with Gasteiger partial charge in [-0.05, 0) is 37.1 Å². The van der Waals surface area contributed by atoms with Crippen LogP contribution < -0.4 is 0 Å². The van der Waals surface area contributed by atoms with Crippen LogP contribution in [0.25, 0.3) is 0 Å². The van der Waals surface area contributed by atoms with Crippen molar-refractivity contribution in [2.45, 2.75) is 71.0 Å². The molecule has 2 aromatic rings. The normalized spacial score (nSPS) is 11.2. The lowest BCUT2D eigenvalue weighted by Crippen LogP contribution is -2.06. The molecule has 0 unspecified atom stereocenters. The Labute approximate surface area is 130 Å². The number of nitrogens with zero attached hydrogens (tertiary/aromatic N) is 6. The van der Waals surface area contributed by atoms with E-state index in [0.717, 1.165) is 41.9 Å². The highest BCUT2D eigenvalue weighted by molar-refractivity contribution is 7.98. The summed E-state index contributed by atoms with van der Waals surface area (Å²) in [4.78, 5) is 4.69. The SMILES string of the molecule is CCCCn1c(SCc2nnnn2CCC)nc(C)c1C. The molecule has 6 nitrogen and oxygen atoms in total. The molecule has 0 fully saturated rings. The molecule has 0 atom stereocenters. The summed E-state index contributed by atoms with van der Waals surface area (Å²) in [5.74, 6) is 1.68. The van der Waals surface area contributed by atoms with Crippen molar-refractivity contribution < 1.29 is 0 Å². The number of tetrazole rings is 1. The van der Waals surface area contributed by atoms with Crippen molar-refractivity contribution in [3.8, 4) is 0 Å². The second-order valence-corrected chi connectivity index (χ2v) is 6.12. The third-order valence-electron chi connectivity index (χ3n) is 3.53. The summed E-state index contributed by atoms with van der Waals surface area (Å²) in [6, 6.07) is 0. The Balaban J connectivity index is 2.08. The number of unbranched alkanes of at least 4 members (excludes halogenated alkanes) is 1. The smallest absolute Gasteiger partial charge is 0.168 e. The minimum atomic E-state index is 0.759. The summed E-state index contributed by atoms with van der Waals surface area (Å²) >= 11 is 1.72. The topological polar surface area (TPSA) is 61.4 Å². The summed E-state index contributed by atoms with van der Waals surface area (Å²) in [5, 5.41) is 13.0. The van der Waals surface area contributed by atoms with Gasteiger partial charge in [-0.2, -0.15) is 0 Å². The van der Waals surface area contributed by atoms with Gasteiger partial charge < -0.3 is 4.57 Å². The number of imidazole rings is 1. The lowest BCUT2D eigenvalue weighted by atomic mass is 10.3. The Bertz CT molecular complexity index is 574. The highest BCUT2D eigenvalue weighted by Crippen LogP contribution is 2.24. The van der Waals surface area contributed by atoms with E-state index in [1.54, 1.807) is 11.8 Å². The van der Waals surface area contributed by atoms with Crippen LogP contribution in [-0.2, 0) is 18.8 Å². The number of aryl methyl sites for hydroxylation is 2. The van der Waals surface area contributed by atoms with Gasteiger partial charge >= 0.3 is 0 Å². The fourth-order valence-corrected chi connectivity index (χ4v) is 3.20. The van der Waals surface area contributed by atoms with Gasteiger partial charge in [0, 0.05) is 18.8 Å². The Morgan fingerprint density at radius 3 is 2.62 bits per heavy atom. The van der Waals surface area contributed by atoms with Crippen LogP contribution in [0.15, 0.2) is 5.16 Å². The first kappa shape index (κ1) is 16.0. The highest BCUT2D eigenvalue weighted by atomic mass is 32.2. The Morgan fingerprint density at radius 2 is 1.90 bits per heavy atom. The molecule has 2 heterocycles. The quantitative estimate of drug-likeness (QED) is 0.702. The van der Waals surface area contributed by atoms with Crippen molar-refractivity contribution >= 4 is 11.8 Å². The van der Waals surface area contributed by atoms with Crippen LogP contribution in [0.5, 0.6) is 0 Å². The van der Waals surface area contributed by atoms with Crippen LogP contribution in [0.4, 0.5) is 0 Å². The third kappa shape index (κ3) is 3.84. The molecular weight excluding hydrogens is 284 g/mol.